The van der Waals surface area contributed by atoms with Crippen molar-refractivity contribution in [3.8, 4) is 23.0 Å². The van der Waals surface area contributed by atoms with Crippen LogP contribution in [0.15, 0.2) is 42.9 Å². The largest absolute Gasteiger partial charge is 0.342 e. The fourth-order valence-corrected chi connectivity index (χ4v) is 5.19. The van der Waals surface area contributed by atoms with Crippen molar-refractivity contribution in [1.29, 1.82) is 0 Å². The van der Waals surface area contributed by atoms with Gasteiger partial charge in [-0.15, -0.1) is 10.2 Å². The molecule has 0 amide bonds. The van der Waals surface area contributed by atoms with Crippen LogP contribution in [-0.4, -0.2) is 40.8 Å². The number of imidazole rings is 1. The van der Waals surface area contributed by atoms with Gasteiger partial charge in [-0.1, -0.05) is 19.1 Å². The van der Waals surface area contributed by atoms with E-state index in [-0.39, 0.29) is 11.4 Å². The van der Waals surface area contributed by atoms with Gasteiger partial charge in [-0.3, -0.25) is 9.13 Å². The van der Waals surface area contributed by atoms with Crippen LogP contribution >= 0.6 is 0 Å². The molecule has 0 radical (unpaired) electrons. The predicted octanol–water partition coefficient (Wildman–Crippen LogP) is 3.97. The molecule has 5 heterocycles. The third-order valence-corrected chi connectivity index (χ3v) is 6.74. The van der Waals surface area contributed by atoms with Crippen molar-refractivity contribution in [2.45, 2.75) is 45.1 Å². The monoisotopic (exact) mass is 430 g/mol. The molecule has 2 aliphatic rings. The molecule has 0 N–H and O–H groups in total. The van der Waals surface area contributed by atoms with Crippen molar-refractivity contribution in [3.05, 3.63) is 60.3 Å². The summed E-state index contributed by atoms with van der Waals surface area (Å²) < 4.78 is 17.8. The van der Waals surface area contributed by atoms with Gasteiger partial charge in [-0.05, 0) is 44.7 Å². The number of anilines is 1. The van der Waals surface area contributed by atoms with E-state index in [0.29, 0.717) is 17.3 Å². The molecule has 2 aliphatic heterocycles. The number of fused-ring (bicyclic) bond motifs is 6. The number of hydrogen-bond donors (Lipinski definition) is 0. The van der Waals surface area contributed by atoms with E-state index in [0.717, 1.165) is 55.4 Å². The summed E-state index contributed by atoms with van der Waals surface area (Å²) in [6.45, 7) is 5.08. The van der Waals surface area contributed by atoms with Crippen molar-refractivity contribution in [2.75, 3.05) is 11.4 Å². The average molecular weight is 430 g/mol. The molecule has 4 aromatic rings. The van der Waals surface area contributed by atoms with Gasteiger partial charge in [0.2, 0.25) is 5.95 Å². The lowest BCUT2D eigenvalue weighted by Gasteiger charge is -2.49. The van der Waals surface area contributed by atoms with Gasteiger partial charge in [-0.25, -0.2) is 14.4 Å². The van der Waals surface area contributed by atoms with E-state index < -0.39 is 0 Å². The molecule has 9 heteroatoms. The summed E-state index contributed by atoms with van der Waals surface area (Å²) in [7, 11) is 0. The molecule has 32 heavy (non-hydrogen) atoms. The summed E-state index contributed by atoms with van der Waals surface area (Å²) in [6.07, 6.45) is 9.51. The number of rotatable bonds is 3. The second-order valence-corrected chi connectivity index (χ2v) is 8.41. The Morgan fingerprint density at radius 1 is 1.16 bits per heavy atom. The van der Waals surface area contributed by atoms with Crippen LogP contribution in [-0.2, 0) is 5.54 Å². The molecule has 1 aromatic carbocycles. The van der Waals surface area contributed by atoms with Gasteiger partial charge in [0.15, 0.2) is 11.6 Å². The molecule has 1 fully saturated rings. The van der Waals surface area contributed by atoms with E-state index >= 15 is 0 Å². The number of piperidine rings is 1. The van der Waals surface area contributed by atoms with E-state index in [1.165, 1.54) is 12.1 Å². The predicted molar refractivity (Wildman–Crippen MR) is 117 cm³/mol. The zero-order valence-corrected chi connectivity index (χ0v) is 18.0. The van der Waals surface area contributed by atoms with Crippen molar-refractivity contribution < 1.29 is 4.39 Å². The van der Waals surface area contributed by atoms with Gasteiger partial charge < -0.3 is 4.90 Å². The Morgan fingerprint density at radius 3 is 2.91 bits per heavy atom. The Hall–Kier alpha value is -3.62. The van der Waals surface area contributed by atoms with Gasteiger partial charge in [0, 0.05) is 24.5 Å². The van der Waals surface area contributed by atoms with Gasteiger partial charge in [-0.2, -0.15) is 4.98 Å². The fraction of sp³-hybridized carbons (Fsp3) is 0.348. The number of benzene rings is 1. The standard InChI is InChI=1S/C23H23FN8/c1-3-23-9-4-5-11-31(23)20-18(32-15(2)28-29-21(23)32)14-26-22(27-20)30-12-10-25-19(30)16-7-6-8-17(24)13-16/h6-8,10,12-14H,3-5,9,11H2,1-2H3/t23-/m1/s1. The quantitative estimate of drug-likeness (QED) is 0.490. The first-order chi connectivity index (χ1) is 15.6. The molecule has 1 saturated heterocycles. The molecule has 0 unspecified atom stereocenters. The molecule has 0 bridgehead atoms. The van der Waals surface area contributed by atoms with Crippen LogP contribution in [0.25, 0.3) is 23.0 Å². The maximum Gasteiger partial charge on any atom is 0.237 e. The lowest BCUT2D eigenvalue weighted by molar-refractivity contribution is 0.274. The van der Waals surface area contributed by atoms with Crippen LogP contribution in [0.5, 0.6) is 0 Å². The molecule has 0 spiro atoms. The normalized spacial score (nSPS) is 19.4. The summed E-state index contributed by atoms with van der Waals surface area (Å²) in [4.78, 5) is 16.5. The minimum Gasteiger partial charge on any atom is -0.342 e. The highest BCUT2D eigenvalue weighted by atomic mass is 19.1. The van der Waals surface area contributed by atoms with Crippen LogP contribution in [0.1, 0.15) is 44.3 Å². The number of hydrogen-bond acceptors (Lipinski definition) is 6. The summed E-state index contributed by atoms with van der Waals surface area (Å²) in [5.41, 5.74) is 1.34. The lowest BCUT2D eigenvalue weighted by Crippen LogP contribution is -2.54. The van der Waals surface area contributed by atoms with Crippen molar-refractivity contribution >= 4 is 5.82 Å². The third-order valence-electron chi connectivity index (χ3n) is 6.74. The van der Waals surface area contributed by atoms with Gasteiger partial charge in [0.05, 0.1) is 6.20 Å². The van der Waals surface area contributed by atoms with E-state index in [1.54, 1.807) is 16.8 Å². The fourth-order valence-electron chi connectivity index (χ4n) is 5.19. The smallest absolute Gasteiger partial charge is 0.237 e. The Labute approximate surface area is 184 Å². The average Bonchev–Trinajstić information content (AvgIpc) is 3.46. The molecule has 6 rings (SSSR count). The molecule has 0 aliphatic carbocycles. The molecule has 3 aromatic heterocycles. The molecule has 0 saturated carbocycles. The SMILES string of the molecule is CC[C@]12CCCCN1c1nc(-n3ccnc3-c3cccc(F)c3)ncc1-n1c(C)nnc12. The molecule has 162 valence electrons. The molecular formula is C23H23FN8. The van der Waals surface area contributed by atoms with Crippen LogP contribution in [0.2, 0.25) is 0 Å². The Morgan fingerprint density at radius 2 is 2.06 bits per heavy atom. The topological polar surface area (TPSA) is 77.5 Å². The van der Waals surface area contributed by atoms with E-state index in [4.69, 9.17) is 4.98 Å². The van der Waals surface area contributed by atoms with Crippen molar-refractivity contribution in [1.82, 2.24) is 34.3 Å². The number of nitrogens with zero attached hydrogens (tertiary/aromatic N) is 8. The Balaban J connectivity index is 1.54. The zero-order valence-electron chi connectivity index (χ0n) is 18.0. The van der Waals surface area contributed by atoms with Crippen LogP contribution in [0.3, 0.4) is 0 Å². The second-order valence-electron chi connectivity index (χ2n) is 8.41. The second kappa shape index (κ2) is 6.94. The highest BCUT2D eigenvalue weighted by Gasteiger charge is 2.48. The maximum atomic E-state index is 13.8. The highest BCUT2D eigenvalue weighted by Crippen LogP contribution is 2.48. The number of aromatic nitrogens is 7. The van der Waals surface area contributed by atoms with E-state index in [1.807, 2.05) is 25.4 Å². The minimum atomic E-state index is -0.305. The summed E-state index contributed by atoms with van der Waals surface area (Å²) >= 11 is 0. The maximum absolute atomic E-state index is 13.8. The highest BCUT2D eigenvalue weighted by molar-refractivity contribution is 5.65. The first kappa shape index (κ1) is 19.1. The van der Waals surface area contributed by atoms with Crippen LogP contribution < -0.4 is 4.90 Å². The minimum absolute atomic E-state index is 0.224. The number of aryl methyl sites for hydroxylation is 1. The van der Waals surface area contributed by atoms with Gasteiger partial charge in [0.25, 0.3) is 0 Å². The molecular weight excluding hydrogens is 407 g/mol. The summed E-state index contributed by atoms with van der Waals surface area (Å²) in [5, 5.41) is 8.98. The third kappa shape index (κ3) is 2.57. The van der Waals surface area contributed by atoms with Crippen LogP contribution in [0.4, 0.5) is 10.2 Å². The van der Waals surface area contributed by atoms with Gasteiger partial charge in [0.1, 0.15) is 28.7 Å². The van der Waals surface area contributed by atoms with Crippen LogP contribution in [0, 0.1) is 12.7 Å². The summed E-state index contributed by atoms with van der Waals surface area (Å²) in [6, 6.07) is 6.40. The molecule has 1 atom stereocenters. The Bertz CT molecular complexity index is 1330. The Kier molecular flexibility index (Phi) is 4.14. The molecule has 8 nitrogen and oxygen atoms in total. The van der Waals surface area contributed by atoms with Crippen molar-refractivity contribution in [2.24, 2.45) is 0 Å². The lowest BCUT2D eigenvalue weighted by atomic mass is 9.82. The van der Waals surface area contributed by atoms with E-state index in [2.05, 4.69) is 36.6 Å². The first-order valence-electron chi connectivity index (χ1n) is 11.0. The first-order valence-corrected chi connectivity index (χ1v) is 11.0. The van der Waals surface area contributed by atoms with Crippen molar-refractivity contribution in [3.63, 3.8) is 0 Å². The summed E-state index contributed by atoms with van der Waals surface area (Å²) in [5.74, 6) is 3.49. The zero-order chi connectivity index (χ0) is 21.9. The number of halogens is 1. The van der Waals surface area contributed by atoms with Gasteiger partial charge >= 0.3 is 0 Å². The van der Waals surface area contributed by atoms with E-state index in [9.17, 15) is 4.39 Å².